The van der Waals surface area contributed by atoms with Gasteiger partial charge < -0.3 is 10.1 Å². The Balaban J connectivity index is 2.46. The van der Waals surface area contributed by atoms with Crippen molar-refractivity contribution in [3.05, 3.63) is 60.1 Å². The highest BCUT2D eigenvalue weighted by Gasteiger charge is 2.39. The quantitative estimate of drug-likeness (QED) is 0.308. The molecule has 8 nitrogen and oxygen atoms in total. The molecule has 0 fully saturated rings. The zero-order valence-electron chi connectivity index (χ0n) is 13.4. The number of hydrogen-bond donors (Lipinski definition) is 3. The van der Waals surface area contributed by atoms with Crippen molar-refractivity contribution in [2.45, 2.75) is 12.5 Å². The maximum atomic E-state index is 11.1. The number of likely N-dealkylation sites (N-methyl/N-ethyl adjacent to an activating group) is 1. The van der Waals surface area contributed by atoms with Gasteiger partial charge in [0.25, 0.3) is 0 Å². The summed E-state index contributed by atoms with van der Waals surface area (Å²) in [6.07, 6.45) is 7.04. The molecule has 0 spiro atoms. The van der Waals surface area contributed by atoms with Crippen LogP contribution in [-0.4, -0.2) is 25.5 Å². The number of nitrogens with one attached hydrogen (secondary N) is 1. The summed E-state index contributed by atoms with van der Waals surface area (Å²) in [5, 5.41) is 3.05. The van der Waals surface area contributed by atoms with E-state index in [1.54, 1.807) is 19.2 Å². The van der Waals surface area contributed by atoms with E-state index in [1.165, 1.54) is 6.08 Å². The molecule has 2 aliphatic rings. The molecule has 0 aromatic heterocycles. The van der Waals surface area contributed by atoms with Crippen LogP contribution in [0.2, 0.25) is 0 Å². The Hall–Kier alpha value is -1.43. The minimum Gasteiger partial charge on any atom is -0.387 e. The monoisotopic (exact) mass is 402 g/mol. The molecule has 0 bridgehead atoms. The molecule has 1 N–H and O–H groups in total. The third-order valence-corrected chi connectivity index (χ3v) is 6.01. The van der Waals surface area contributed by atoms with Crippen LogP contribution in [0.4, 0.5) is 0 Å². The second-order valence-electron chi connectivity index (χ2n) is 5.25. The van der Waals surface area contributed by atoms with Crippen molar-refractivity contribution in [2.75, 3.05) is 19.4 Å². The minimum atomic E-state index is -3.56. The van der Waals surface area contributed by atoms with Crippen LogP contribution >= 0.6 is 35.8 Å². The van der Waals surface area contributed by atoms with E-state index in [2.05, 4.69) is 44.3 Å². The van der Waals surface area contributed by atoms with Crippen molar-refractivity contribution < 1.29 is 4.74 Å². The van der Waals surface area contributed by atoms with Gasteiger partial charge in [0.2, 0.25) is 0 Å². The number of allylic oxidation sites excluding steroid dienone is 2. The van der Waals surface area contributed by atoms with E-state index in [4.69, 9.17) is 4.74 Å². The average Bonchev–Trinajstić information content (AvgIpc) is 2.63. The normalized spacial score (nSPS) is 23.3. The Morgan fingerprint density at radius 3 is 2.44 bits per heavy atom. The van der Waals surface area contributed by atoms with E-state index in [-0.39, 0.29) is 10.8 Å². The van der Waals surface area contributed by atoms with Crippen LogP contribution in [0.5, 0.6) is 0 Å². The molecule has 25 heavy (non-hydrogen) atoms. The Labute approximate surface area is 157 Å². The summed E-state index contributed by atoms with van der Waals surface area (Å²) >= 11 is 8.56. The minimum absolute atomic E-state index is 0.0771. The first-order valence-corrected chi connectivity index (χ1v) is 9.97. The van der Waals surface area contributed by atoms with Gasteiger partial charge in [0.15, 0.2) is 10.6 Å². The van der Waals surface area contributed by atoms with Crippen molar-refractivity contribution in [3.8, 4) is 0 Å². The standard InChI is InChI=1S/C14H18N4O4S3/c1-15-12-8-11-9(6-14(12)24)5-10(25(16-19,17-20)18-21)7-13(11)22-3-2-4-23/h5-8,11,13,15,23-24H,2-4H2,1H3. The highest BCUT2D eigenvalue weighted by Crippen LogP contribution is 2.61. The molecule has 136 valence electrons. The van der Waals surface area contributed by atoms with Crippen molar-refractivity contribution in [1.29, 1.82) is 0 Å². The van der Waals surface area contributed by atoms with Gasteiger partial charge in [-0.3, -0.25) is 0 Å². The Bertz CT molecular complexity index is 668. The zero-order valence-corrected chi connectivity index (χ0v) is 16.0. The number of nitrogens with zero attached hydrogens (tertiary/aromatic N) is 3. The second-order valence-corrected chi connectivity index (χ2v) is 8.14. The molecule has 0 radical (unpaired) electrons. The number of hydrogen-bond acceptors (Lipinski definition) is 10. The van der Waals surface area contributed by atoms with Gasteiger partial charge in [-0.05, 0) is 42.1 Å². The van der Waals surface area contributed by atoms with Crippen LogP contribution in [-0.2, 0) is 4.74 Å². The zero-order chi connectivity index (χ0) is 18.4. The van der Waals surface area contributed by atoms with Crippen LogP contribution in [0.25, 0.3) is 0 Å². The lowest BCUT2D eigenvalue weighted by atomic mass is 9.85. The van der Waals surface area contributed by atoms with Crippen LogP contribution < -0.4 is 5.32 Å². The van der Waals surface area contributed by atoms with Crippen LogP contribution in [0.1, 0.15) is 6.42 Å². The third-order valence-electron chi connectivity index (χ3n) is 3.81. The van der Waals surface area contributed by atoms with Gasteiger partial charge >= 0.3 is 0 Å². The Kier molecular flexibility index (Phi) is 6.99. The number of fused-ring (bicyclic) bond motifs is 1. The first-order valence-electron chi connectivity index (χ1n) is 7.38. The van der Waals surface area contributed by atoms with E-state index in [9.17, 15) is 14.7 Å². The van der Waals surface area contributed by atoms with Crippen molar-refractivity contribution in [3.63, 3.8) is 0 Å². The summed E-state index contributed by atoms with van der Waals surface area (Å²) in [5.41, 5.74) is 1.57. The van der Waals surface area contributed by atoms with Gasteiger partial charge in [-0.25, -0.2) is 0 Å². The van der Waals surface area contributed by atoms with Gasteiger partial charge in [-0.15, -0.1) is 27.3 Å². The van der Waals surface area contributed by atoms with Gasteiger partial charge in [-0.1, -0.05) is 0 Å². The number of thiol groups is 2. The van der Waals surface area contributed by atoms with Gasteiger partial charge in [0, 0.05) is 43.9 Å². The Morgan fingerprint density at radius 2 is 1.88 bits per heavy atom. The van der Waals surface area contributed by atoms with Crippen molar-refractivity contribution >= 4 is 35.8 Å². The molecule has 0 aromatic carbocycles. The lowest BCUT2D eigenvalue weighted by Gasteiger charge is -2.33. The molecule has 0 amide bonds. The van der Waals surface area contributed by atoms with Crippen molar-refractivity contribution in [1.82, 2.24) is 5.32 Å². The van der Waals surface area contributed by atoms with E-state index in [1.807, 2.05) is 6.08 Å². The molecular weight excluding hydrogens is 384 g/mol. The van der Waals surface area contributed by atoms with Gasteiger partial charge in [-0.2, -0.15) is 12.6 Å². The van der Waals surface area contributed by atoms with E-state index in [0.29, 0.717) is 17.3 Å². The molecule has 2 aliphatic carbocycles. The fourth-order valence-electron chi connectivity index (χ4n) is 2.58. The number of rotatable bonds is 9. The molecule has 2 atom stereocenters. The maximum Gasteiger partial charge on any atom is 0.197 e. The van der Waals surface area contributed by atoms with E-state index in [0.717, 1.165) is 17.7 Å². The van der Waals surface area contributed by atoms with Crippen LogP contribution in [0, 0.1) is 20.6 Å². The summed E-state index contributed by atoms with van der Waals surface area (Å²) in [4.78, 5) is 34.1. The SMILES string of the molecule is CNC1=CC2C(=CC(S(N=O)(N=O)N=O)=CC2OCCCS)C=C1S. The molecule has 2 unspecified atom stereocenters. The highest BCUT2D eigenvalue weighted by atomic mass is 32.3. The molecule has 2 rings (SSSR count). The first kappa shape index (κ1) is 19.9. The lowest BCUT2D eigenvalue weighted by Crippen LogP contribution is -2.29. The summed E-state index contributed by atoms with van der Waals surface area (Å²) in [6, 6.07) is 0. The molecule has 11 heteroatoms. The molecule has 0 aliphatic heterocycles. The predicted octanol–water partition coefficient (Wildman–Crippen LogP) is 3.91. The number of ether oxygens (including phenoxy) is 1. The van der Waals surface area contributed by atoms with Gasteiger partial charge in [0.1, 0.15) is 0 Å². The third kappa shape index (κ3) is 4.05. The predicted molar refractivity (Wildman–Crippen MR) is 107 cm³/mol. The highest BCUT2D eigenvalue weighted by molar-refractivity contribution is 8.33. The maximum absolute atomic E-state index is 11.1. The summed E-state index contributed by atoms with van der Waals surface area (Å²) < 4.78 is 13.7. The molecule has 0 saturated carbocycles. The second kappa shape index (κ2) is 8.79. The first-order chi connectivity index (χ1) is 12.0. The van der Waals surface area contributed by atoms with E-state index >= 15 is 0 Å². The summed E-state index contributed by atoms with van der Waals surface area (Å²) in [5.74, 6) is 0.496. The lowest BCUT2D eigenvalue weighted by molar-refractivity contribution is 0.0669. The topological polar surface area (TPSA) is 110 Å². The van der Waals surface area contributed by atoms with Crippen LogP contribution in [0.15, 0.2) is 59.1 Å². The largest absolute Gasteiger partial charge is 0.387 e. The molecular formula is C14H18N4O4S3. The Morgan fingerprint density at radius 1 is 1.20 bits per heavy atom. The van der Waals surface area contributed by atoms with E-state index < -0.39 is 16.7 Å². The fraction of sp³-hybridized carbons (Fsp3) is 0.429. The fourth-order valence-corrected chi connectivity index (χ4v) is 4.00. The molecule has 0 saturated heterocycles. The summed E-state index contributed by atoms with van der Waals surface area (Å²) in [6.45, 7) is 0.432. The molecule has 0 aromatic rings. The molecule has 0 heterocycles. The van der Waals surface area contributed by atoms with Crippen molar-refractivity contribution in [2.24, 2.45) is 19.7 Å². The van der Waals surface area contributed by atoms with Gasteiger partial charge in [0.05, 0.1) is 11.0 Å². The average molecular weight is 403 g/mol. The summed E-state index contributed by atoms with van der Waals surface area (Å²) in [7, 11) is -1.77. The number of nitroso groups, excluding NO2 is 3. The smallest absolute Gasteiger partial charge is 0.197 e. The van der Waals surface area contributed by atoms with Crippen LogP contribution in [0.3, 0.4) is 0 Å².